The van der Waals surface area contributed by atoms with Gasteiger partial charge in [0.05, 0.1) is 45.1 Å². The van der Waals surface area contributed by atoms with Crippen LogP contribution >= 0.6 is 11.3 Å². The molecule has 5 nitrogen and oxygen atoms in total. The molecule has 5 aromatic carbocycles. The highest BCUT2D eigenvalue weighted by atomic mass is 32.1. The molecule has 0 amide bonds. The van der Waals surface area contributed by atoms with Gasteiger partial charge in [-0.3, -0.25) is 0 Å². The van der Waals surface area contributed by atoms with Gasteiger partial charge in [-0.25, -0.2) is 14.8 Å². The van der Waals surface area contributed by atoms with Gasteiger partial charge in [-0.05, 0) is 64.4 Å². The van der Waals surface area contributed by atoms with Crippen LogP contribution in [0, 0.1) is 17.9 Å². The minimum absolute atomic E-state index is 0.0226. The summed E-state index contributed by atoms with van der Waals surface area (Å²) >= 11 is 1.60. The van der Waals surface area contributed by atoms with Gasteiger partial charge < -0.3 is 4.57 Å². The van der Waals surface area contributed by atoms with Crippen molar-refractivity contribution in [3.63, 3.8) is 0 Å². The molecule has 0 aliphatic rings. The lowest BCUT2D eigenvalue weighted by Gasteiger charge is -2.19. The molecule has 242 valence electrons. The highest BCUT2D eigenvalue weighted by Crippen LogP contribution is 2.45. The van der Waals surface area contributed by atoms with E-state index in [9.17, 15) is 5.26 Å². The van der Waals surface area contributed by atoms with Gasteiger partial charge in [-0.15, -0.1) is 11.3 Å². The van der Waals surface area contributed by atoms with Crippen molar-refractivity contribution in [3.8, 4) is 34.4 Å². The van der Waals surface area contributed by atoms with Crippen LogP contribution in [0.3, 0.4) is 0 Å². The van der Waals surface area contributed by atoms with E-state index in [1.54, 1.807) is 11.3 Å². The molecular weight excluding hydrogens is 631 g/mol. The van der Waals surface area contributed by atoms with E-state index in [0.29, 0.717) is 28.3 Å². The summed E-state index contributed by atoms with van der Waals surface area (Å²) in [6.07, 6.45) is 0. The molecule has 0 saturated carbocycles. The Labute approximate surface area is 295 Å². The Balaban J connectivity index is 1.43. The summed E-state index contributed by atoms with van der Waals surface area (Å²) in [5.41, 5.74) is 8.93. The number of aromatic nitrogens is 3. The van der Waals surface area contributed by atoms with E-state index in [1.165, 1.54) is 11.1 Å². The third kappa shape index (κ3) is 5.04. The van der Waals surface area contributed by atoms with E-state index >= 15 is 0 Å². The number of fused-ring (bicyclic) bond motifs is 6. The Morgan fingerprint density at radius 3 is 1.94 bits per heavy atom. The molecule has 3 aromatic heterocycles. The molecule has 0 bridgehead atoms. The summed E-state index contributed by atoms with van der Waals surface area (Å²) in [5.74, 6) is 0.562. The van der Waals surface area contributed by atoms with E-state index < -0.39 is 0 Å². The molecule has 50 heavy (non-hydrogen) atoms. The maximum absolute atomic E-state index is 10.8. The number of nitriles is 1. The summed E-state index contributed by atoms with van der Waals surface area (Å²) in [5, 5.41) is 14.1. The van der Waals surface area contributed by atoms with Gasteiger partial charge in [0, 0.05) is 37.7 Å². The standard InChI is InChI=1S/C44H35N5S/c1-43(2,3)28-17-19-35-32(22-28)33-23-29(44(4,5)6)18-20-36(33)49(35)30-21-27(25-45)38(34(24-30)46-7)40-41-39(31-15-11-12-16-37(31)50-41)47-42(48-40)26-13-9-8-10-14-26/h8-24H,1-6H3. The third-order valence-corrected chi connectivity index (χ3v) is 10.8. The number of nitrogens with zero attached hydrogens (tertiary/aromatic N) is 5. The lowest BCUT2D eigenvalue weighted by atomic mass is 9.85. The van der Waals surface area contributed by atoms with Gasteiger partial charge in [0.15, 0.2) is 11.5 Å². The third-order valence-electron chi connectivity index (χ3n) is 9.59. The summed E-state index contributed by atoms with van der Waals surface area (Å²) in [6, 6.07) is 37.7. The summed E-state index contributed by atoms with van der Waals surface area (Å²) < 4.78 is 4.14. The second-order valence-electron chi connectivity index (χ2n) is 14.9. The van der Waals surface area contributed by atoms with Crippen LogP contribution in [0.4, 0.5) is 5.69 Å². The van der Waals surface area contributed by atoms with Crippen molar-refractivity contribution in [2.75, 3.05) is 0 Å². The number of benzene rings is 5. The van der Waals surface area contributed by atoms with Gasteiger partial charge in [-0.1, -0.05) is 102 Å². The molecule has 0 atom stereocenters. The molecule has 0 fully saturated rings. The second kappa shape index (κ2) is 11.4. The fourth-order valence-corrected chi connectivity index (χ4v) is 8.02. The van der Waals surface area contributed by atoms with E-state index in [1.807, 2.05) is 54.6 Å². The molecule has 0 aliphatic carbocycles. The summed E-state index contributed by atoms with van der Waals surface area (Å²) in [4.78, 5) is 14.2. The zero-order valence-corrected chi connectivity index (χ0v) is 29.8. The van der Waals surface area contributed by atoms with Gasteiger partial charge in [0.1, 0.15) is 0 Å². The average Bonchev–Trinajstić information content (AvgIpc) is 3.65. The van der Waals surface area contributed by atoms with Crippen LogP contribution in [0.5, 0.6) is 0 Å². The molecular formula is C44H35N5S. The van der Waals surface area contributed by atoms with Crippen LogP contribution in [-0.4, -0.2) is 14.5 Å². The van der Waals surface area contributed by atoms with Gasteiger partial charge >= 0.3 is 0 Å². The Morgan fingerprint density at radius 1 is 0.720 bits per heavy atom. The van der Waals surface area contributed by atoms with Crippen molar-refractivity contribution < 1.29 is 0 Å². The number of hydrogen-bond acceptors (Lipinski definition) is 4. The number of thiophene rings is 1. The zero-order chi connectivity index (χ0) is 34.9. The van der Waals surface area contributed by atoms with E-state index in [4.69, 9.17) is 16.5 Å². The maximum Gasteiger partial charge on any atom is 0.199 e. The fourth-order valence-electron chi connectivity index (χ4n) is 6.88. The summed E-state index contributed by atoms with van der Waals surface area (Å²) in [6.45, 7) is 21.9. The van der Waals surface area contributed by atoms with Crippen LogP contribution in [0.1, 0.15) is 58.2 Å². The minimum Gasteiger partial charge on any atom is -0.310 e. The molecule has 0 N–H and O–H groups in total. The van der Waals surface area contributed by atoms with Gasteiger partial charge in [-0.2, -0.15) is 5.26 Å². The highest BCUT2D eigenvalue weighted by Gasteiger charge is 2.25. The number of rotatable bonds is 3. The Hall–Kier alpha value is -5.82. The second-order valence-corrected chi connectivity index (χ2v) is 16.0. The molecule has 8 aromatic rings. The molecule has 0 unspecified atom stereocenters. The molecule has 0 radical (unpaired) electrons. The Bertz CT molecular complexity index is 2630. The molecule has 0 spiro atoms. The molecule has 6 heteroatoms. The van der Waals surface area contributed by atoms with Crippen LogP contribution in [0.15, 0.2) is 103 Å². The Kier molecular flexibility index (Phi) is 7.15. The first-order valence-electron chi connectivity index (χ1n) is 16.8. The largest absolute Gasteiger partial charge is 0.310 e. The van der Waals surface area contributed by atoms with E-state index in [0.717, 1.165) is 53.4 Å². The lowest BCUT2D eigenvalue weighted by Crippen LogP contribution is -2.10. The quantitative estimate of drug-likeness (QED) is 0.176. The lowest BCUT2D eigenvalue weighted by molar-refractivity contribution is 0.590. The molecule has 8 rings (SSSR count). The van der Waals surface area contributed by atoms with Crippen molar-refractivity contribution in [3.05, 3.63) is 131 Å². The van der Waals surface area contributed by atoms with Crippen molar-refractivity contribution in [1.29, 1.82) is 5.26 Å². The zero-order valence-electron chi connectivity index (χ0n) is 29.0. The van der Waals surface area contributed by atoms with Gasteiger partial charge in [0.2, 0.25) is 0 Å². The number of hydrogen-bond donors (Lipinski definition) is 0. The molecule has 0 saturated heterocycles. The first kappa shape index (κ1) is 31.4. The molecule has 3 heterocycles. The van der Waals surface area contributed by atoms with Crippen molar-refractivity contribution in [2.45, 2.75) is 52.4 Å². The first-order valence-corrected chi connectivity index (χ1v) is 17.6. The normalized spacial score (nSPS) is 12.2. The van der Waals surface area contributed by atoms with Gasteiger partial charge in [0.25, 0.3) is 0 Å². The monoisotopic (exact) mass is 665 g/mol. The predicted molar refractivity (Wildman–Crippen MR) is 209 cm³/mol. The van der Waals surface area contributed by atoms with E-state index in [2.05, 4.69) is 106 Å². The fraction of sp³-hybridized carbons (Fsp3) is 0.182. The van der Waals surface area contributed by atoms with Crippen LogP contribution in [-0.2, 0) is 10.8 Å². The minimum atomic E-state index is -0.0226. The predicted octanol–water partition coefficient (Wildman–Crippen LogP) is 12.3. The topological polar surface area (TPSA) is 58.9 Å². The maximum atomic E-state index is 10.8. The first-order chi connectivity index (χ1) is 24.0. The molecule has 0 aliphatic heterocycles. The average molecular weight is 666 g/mol. The van der Waals surface area contributed by atoms with E-state index in [-0.39, 0.29) is 10.8 Å². The summed E-state index contributed by atoms with van der Waals surface area (Å²) in [7, 11) is 0. The smallest absolute Gasteiger partial charge is 0.199 e. The van der Waals surface area contributed by atoms with Crippen LogP contribution < -0.4 is 0 Å². The van der Waals surface area contributed by atoms with Crippen molar-refractivity contribution in [2.24, 2.45) is 0 Å². The Morgan fingerprint density at radius 2 is 1.34 bits per heavy atom. The van der Waals surface area contributed by atoms with Crippen molar-refractivity contribution in [1.82, 2.24) is 14.5 Å². The SMILES string of the molecule is [C-]#[N+]c1cc(-n2c3ccc(C(C)(C)C)cc3c3cc(C(C)(C)C)ccc32)cc(C#N)c1-c1nc(-c2ccccc2)nc2c1sc1ccccc12. The van der Waals surface area contributed by atoms with Crippen molar-refractivity contribution >= 4 is 59.1 Å². The highest BCUT2D eigenvalue weighted by molar-refractivity contribution is 7.26. The van der Waals surface area contributed by atoms with Crippen LogP contribution in [0.25, 0.3) is 75.3 Å². The van der Waals surface area contributed by atoms with Crippen LogP contribution in [0.2, 0.25) is 0 Å².